The van der Waals surface area contributed by atoms with Crippen LogP contribution in [-0.2, 0) is 23.7 Å². The summed E-state index contributed by atoms with van der Waals surface area (Å²) in [5.74, 6) is -0.247. The number of rotatable bonds is 17. The van der Waals surface area contributed by atoms with Gasteiger partial charge in [0.05, 0.1) is 25.4 Å². The first kappa shape index (κ1) is 26.7. The van der Waals surface area contributed by atoms with Crippen LogP contribution in [0.1, 0.15) is 46.5 Å². The van der Waals surface area contributed by atoms with Gasteiger partial charge in [0.15, 0.2) is 0 Å². The van der Waals surface area contributed by atoms with Crippen molar-refractivity contribution in [3.05, 3.63) is 0 Å². The summed E-state index contributed by atoms with van der Waals surface area (Å²) < 4.78 is 26.2. The van der Waals surface area contributed by atoms with Crippen LogP contribution in [-0.4, -0.2) is 76.9 Å². The number of alkyl carbamates (subject to hydrolysis) is 1. The second-order valence-electron chi connectivity index (χ2n) is 6.68. The van der Waals surface area contributed by atoms with Gasteiger partial charge in [-0.25, -0.2) is 4.79 Å². The Morgan fingerprint density at radius 1 is 1.04 bits per heavy atom. The average Bonchev–Trinajstić information content (AvgIpc) is 2.65. The Morgan fingerprint density at radius 3 is 2.39 bits per heavy atom. The Morgan fingerprint density at radius 2 is 1.71 bits per heavy atom. The Kier molecular flexibility index (Phi) is 17.0. The molecule has 1 amide bonds. The molecule has 0 rings (SSSR count). The minimum absolute atomic E-state index is 0.0124. The van der Waals surface area contributed by atoms with Crippen molar-refractivity contribution in [1.29, 1.82) is 5.41 Å². The molecule has 0 radical (unpaired) electrons. The predicted octanol–water partition coefficient (Wildman–Crippen LogP) is 2.07. The molecule has 28 heavy (non-hydrogen) atoms. The van der Waals surface area contributed by atoms with E-state index >= 15 is 0 Å². The summed E-state index contributed by atoms with van der Waals surface area (Å²) >= 11 is 0. The number of methoxy groups -OCH3 is 1. The topological polar surface area (TPSA) is 125 Å². The molecule has 0 aromatic rings. The van der Waals surface area contributed by atoms with Crippen molar-refractivity contribution in [1.82, 2.24) is 5.32 Å². The van der Waals surface area contributed by atoms with E-state index in [4.69, 9.17) is 34.8 Å². The van der Waals surface area contributed by atoms with Crippen LogP contribution >= 0.6 is 0 Å². The fraction of sp³-hybridized carbons (Fsp3) is 0.895. The highest BCUT2D eigenvalue weighted by atomic mass is 16.6. The number of amides is 1. The van der Waals surface area contributed by atoms with E-state index < -0.39 is 6.09 Å². The van der Waals surface area contributed by atoms with Gasteiger partial charge in [0.2, 0.25) is 5.90 Å². The first-order valence-corrected chi connectivity index (χ1v) is 9.97. The van der Waals surface area contributed by atoms with Gasteiger partial charge in [-0.1, -0.05) is 6.92 Å². The molecule has 166 valence electrons. The van der Waals surface area contributed by atoms with Crippen LogP contribution in [0.3, 0.4) is 0 Å². The molecule has 0 aliphatic heterocycles. The van der Waals surface area contributed by atoms with Gasteiger partial charge in [-0.15, -0.1) is 0 Å². The molecule has 0 saturated carbocycles. The molecule has 0 aromatic heterocycles. The van der Waals surface area contributed by atoms with Gasteiger partial charge < -0.3 is 34.7 Å². The maximum atomic E-state index is 11.6. The van der Waals surface area contributed by atoms with Crippen LogP contribution < -0.4 is 11.1 Å². The van der Waals surface area contributed by atoms with E-state index in [2.05, 4.69) is 5.32 Å². The van der Waals surface area contributed by atoms with Gasteiger partial charge >= 0.3 is 6.09 Å². The van der Waals surface area contributed by atoms with Crippen LogP contribution in [0.15, 0.2) is 0 Å². The maximum absolute atomic E-state index is 11.6. The van der Waals surface area contributed by atoms with Crippen molar-refractivity contribution < 1.29 is 28.5 Å². The third-order valence-electron chi connectivity index (χ3n) is 4.04. The molecule has 9 nitrogen and oxygen atoms in total. The lowest BCUT2D eigenvalue weighted by Gasteiger charge is -2.15. The fourth-order valence-corrected chi connectivity index (χ4v) is 2.10. The SMILES string of the molecule is CCC(N)CCOC(C)CCNC(=O)OC(=N)COCCOC(C)CCOC. The first-order chi connectivity index (χ1) is 13.4. The molecule has 3 atom stereocenters. The highest BCUT2D eigenvalue weighted by Crippen LogP contribution is 2.01. The molecule has 4 N–H and O–H groups in total. The van der Waals surface area contributed by atoms with Crippen molar-refractivity contribution in [2.24, 2.45) is 5.73 Å². The van der Waals surface area contributed by atoms with Gasteiger partial charge in [-0.2, -0.15) is 0 Å². The lowest BCUT2D eigenvalue weighted by Crippen LogP contribution is -2.31. The van der Waals surface area contributed by atoms with Crippen molar-refractivity contribution in [3.8, 4) is 0 Å². The van der Waals surface area contributed by atoms with E-state index in [-0.39, 0.29) is 30.8 Å². The monoisotopic (exact) mass is 405 g/mol. The number of nitrogens with one attached hydrogen (secondary N) is 2. The van der Waals surface area contributed by atoms with Gasteiger partial charge in [0.1, 0.15) is 6.61 Å². The number of hydrogen-bond acceptors (Lipinski definition) is 8. The highest BCUT2D eigenvalue weighted by molar-refractivity contribution is 5.86. The largest absolute Gasteiger partial charge is 0.413 e. The lowest BCUT2D eigenvalue weighted by atomic mass is 10.2. The minimum Gasteiger partial charge on any atom is -0.393 e. The third kappa shape index (κ3) is 16.9. The summed E-state index contributed by atoms with van der Waals surface area (Å²) in [6.45, 7) is 8.25. The van der Waals surface area contributed by atoms with E-state index in [1.807, 2.05) is 20.8 Å². The lowest BCUT2D eigenvalue weighted by molar-refractivity contribution is 0.00560. The Hall–Kier alpha value is -1.26. The van der Waals surface area contributed by atoms with Crippen molar-refractivity contribution >= 4 is 12.0 Å². The van der Waals surface area contributed by atoms with Crippen LogP contribution in [0.4, 0.5) is 4.79 Å². The highest BCUT2D eigenvalue weighted by Gasteiger charge is 2.09. The van der Waals surface area contributed by atoms with E-state index in [1.54, 1.807) is 7.11 Å². The standard InChI is InChI=1S/C19H39N3O6/c1-5-17(20)8-11-26-15(2)6-9-22-19(23)28-18(21)14-25-12-13-27-16(3)7-10-24-4/h15-17,21H,5-14,20H2,1-4H3,(H,22,23). The van der Waals surface area contributed by atoms with Gasteiger partial charge in [0.25, 0.3) is 0 Å². The predicted molar refractivity (Wildman–Crippen MR) is 108 cm³/mol. The molecule has 0 aliphatic rings. The van der Waals surface area contributed by atoms with E-state index in [1.165, 1.54) is 0 Å². The zero-order chi connectivity index (χ0) is 21.2. The summed E-state index contributed by atoms with van der Waals surface area (Å²) in [6.07, 6.45) is 2.65. The molecule has 3 unspecified atom stereocenters. The third-order valence-corrected chi connectivity index (χ3v) is 4.04. The summed E-state index contributed by atoms with van der Waals surface area (Å²) in [6, 6.07) is 0.166. The number of carbonyl (C=O) groups excluding carboxylic acids is 1. The molecular formula is C19H39N3O6. The van der Waals surface area contributed by atoms with Crippen LogP contribution in [0.25, 0.3) is 0 Å². The van der Waals surface area contributed by atoms with E-state index in [9.17, 15) is 4.79 Å². The number of ether oxygens (including phenoxy) is 5. The second-order valence-corrected chi connectivity index (χ2v) is 6.68. The summed E-state index contributed by atoms with van der Waals surface area (Å²) in [5, 5.41) is 10.2. The molecule has 0 spiro atoms. The minimum atomic E-state index is -0.668. The maximum Gasteiger partial charge on any atom is 0.413 e. The molecule has 9 heteroatoms. The second kappa shape index (κ2) is 17.8. The molecule has 0 fully saturated rings. The molecule has 0 heterocycles. The quantitative estimate of drug-likeness (QED) is 0.192. The van der Waals surface area contributed by atoms with Crippen molar-refractivity contribution in [2.75, 3.05) is 46.7 Å². The first-order valence-electron chi connectivity index (χ1n) is 9.97. The average molecular weight is 406 g/mol. The van der Waals surface area contributed by atoms with Crippen LogP contribution in [0, 0.1) is 5.41 Å². The zero-order valence-electron chi connectivity index (χ0n) is 17.8. The summed E-state index contributed by atoms with van der Waals surface area (Å²) in [4.78, 5) is 11.6. The van der Waals surface area contributed by atoms with Gasteiger partial charge in [-0.3, -0.25) is 5.41 Å². The molecule has 0 aliphatic carbocycles. The normalized spacial score (nSPS) is 14.3. The van der Waals surface area contributed by atoms with Crippen molar-refractivity contribution in [3.63, 3.8) is 0 Å². The Bertz CT molecular complexity index is 411. The van der Waals surface area contributed by atoms with Crippen LogP contribution in [0.5, 0.6) is 0 Å². The number of carbonyl (C=O) groups is 1. The van der Waals surface area contributed by atoms with Crippen molar-refractivity contribution in [2.45, 2.75) is 64.7 Å². The molecule has 0 saturated heterocycles. The summed E-state index contributed by atoms with van der Waals surface area (Å²) in [7, 11) is 1.65. The molecular weight excluding hydrogens is 366 g/mol. The summed E-state index contributed by atoms with van der Waals surface area (Å²) in [5.41, 5.74) is 5.83. The number of hydrogen-bond donors (Lipinski definition) is 3. The number of nitrogens with two attached hydrogens (primary N) is 1. The van der Waals surface area contributed by atoms with E-state index in [0.717, 1.165) is 19.3 Å². The Balaban J connectivity index is 3.61. The zero-order valence-corrected chi connectivity index (χ0v) is 17.8. The van der Waals surface area contributed by atoms with Gasteiger partial charge in [-0.05, 0) is 39.5 Å². The fourth-order valence-electron chi connectivity index (χ4n) is 2.10. The molecule has 0 aromatic carbocycles. The van der Waals surface area contributed by atoms with E-state index in [0.29, 0.717) is 39.4 Å². The van der Waals surface area contributed by atoms with Gasteiger partial charge in [0, 0.05) is 32.9 Å². The van der Waals surface area contributed by atoms with Crippen LogP contribution in [0.2, 0.25) is 0 Å². The smallest absolute Gasteiger partial charge is 0.393 e. The Labute approximate surface area is 169 Å². The molecule has 0 bridgehead atoms.